The molecule has 150 valence electrons. The Labute approximate surface area is 168 Å². The Morgan fingerprint density at radius 1 is 1.11 bits per heavy atom. The van der Waals surface area contributed by atoms with Crippen molar-refractivity contribution in [3.8, 4) is 0 Å². The van der Waals surface area contributed by atoms with E-state index in [1.54, 1.807) is 0 Å². The second kappa shape index (κ2) is 10.1. The van der Waals surface area contributed by atoms with Crippen molar-refractivity contribution in [2.75, 3.05) is 44.8 Å². The number of para-hydroxylation sites is 1. The van der Waals surface area contributed by atoms with Crippen LogP contribution in [0.2, 0.25) is 0 Å². The van der Waals surface area contributed by atoms with Gasteiger partial charge in [0, 0.05) is 38.9 Å². The van der Waals surface area contributed by atoms with Crippen LogP contribution in [0.4, 0.5) is 5.69 Å². The van der Waals surface area contributed by atoms with Gasteiger partial charge in [-0.15, -0.1) is 0 Å². The number of hydrogen-bond acceptors (Lipinski definition) is 3. The maximum absolute atomic E-state index is 5.49. The Hall–Kier alpha value is -2.53. The SMILES string of the molecule is CN=C(NCc1ccccc1N1CCOCC1)NCC(C)c1cccc(C)c1. The maximum atomic E-state index is 5.49. The van der Waals surface area contributed by atoms with Crippen LogP contribution >= 0.6 is 0 Å². The minimum absolute atomic E-state index is 0.416. The van der Waals surface area contributed by atoms with Gasteiger partial charge in [0.1, 0.15) is 0 Å². The Morgan fingerprint density at radius 3 is 2.64 bits per heavy atom. The molecule has 2 N–H and O–H groups in total. The second-order valence-electron chi connectivity index (χ2n) is 7.35. The molecule has 1 atom stereocenters. The predicted octanol–water partition coefficient (Wildman–Crippen LogP) is 3.30. The van der Waals surface area contributed by atoms with E-state index < -0.39 is 0 Å². The largest absolute Gasteiger partial charge is 0.378 e. The van der Waals surface area contributed by atoms with Gasteiger partial charge in [-0.05, 0) is 30.0 Å². The Balaban J connectivity index is 1.56. The second-order valence-corrected chi connectivity index (χ2v) is 7.35. The zero-order valence-electron chi connectivity index (χ0n) is 17.2. The molecule has 0 radical (unpaired) electrons. The lowest BCUT2D eigenvalue weighted by atomic mass is 9.99. The molecule has 28 heavy (non-hydrogen) atoms. The van der Waals surface area contributed by atoms with Crippen LogP contribution < -0.4 is 15.5 Å². The van der Waals surface area contributed by atoms with Crippen LogP contribution in [-0.2, 0) is 11.3 Å². The van der Waals surface area contributed by atoms with Gasteiger partial charge in [0.2, 0.25) is 0 Å². The lowest BCUT2D eigenvalue weighted by Crippen LogP contribution is -2.40. The molecule has 1 saturated heterocycles. The molecule has 1 aliphatic rings. The quantitative estimate of drug-likeness (QED) is 0.596. The van der Waals surface area contributed by atoms with E-state index in [0.29, 0.717) is 5.92 Å². The predicted molar refractivity (Wildman–Crippen MR) is 117 cm³/mol. The lowest BCUT2D eigenvalue weighted by Gasteiger charge is -2.30. The molecule has 1 aliphatic heterocycles. The summed E-state index contributed by atoms with van der Waals surface area (Å²) in [6.07, 6.45) is 0. The van der Waals surface area contributed by atoms with Gasteiger partial charge in [0.05, 0.1) is 13.2 Å². The van der Waals surface area contributed by atoms with Gasteiger partial charge in [-0.1, -0.05) is 55.0 Å². The van der Waals surface area contributed by atoms with Crippen LogP contribution in [0.1, 0.15) is 29.5 Å². The lowest BCUT2D eigenvalue weighted by molar-refractivity contribution is 0.122. The van der Waals surface area contributed by atoms with E-state index in [2.05, 4.69) is 82.9 Å². The van der Waals surface area contributed by atoms with Gasteiger partial charge in [0.25, 0.3) is 0 Å². The Kier molecular flexibility index (Phi) is 7.31. The fraction of sp³-hybridized carbons (Fsp3) is 0.435. The number of morpholine rings is 1. The molecular formula is C23H32N4O. The minimum atomic E-state index is 0.416. The summed E-state index contributed by atoms with van der Waals surface area (Å²) < 4.78 is 5.49. The van der Waals surface area contributed by atoms with Gasteiger partial charge in [0.15, 0.2) is 5.96 Å². The topological polar surface area (TPSA) is 48.9 Å². The first-order valence-electron chi connectivity index (χ1n) is 10.1. The van der Waals surface area contributed by atoms with Crippen LogP contribution in [0.25, 0.3) is 0 Å². The van der Waals surface area contributed by atoms with Crippen molar-refractivity contribution in [3.05, 3.63) is 65.2 Å². The van der Waals surface area contributed by atoms with E-state index >= 15 is 0 Å². The summed E-state index contributed by atoms with van der Waals surface area (Å²) >= 11 is 0. The molecule has 2 aromatic rings. The smallest absolute Gasteiger partial charge is 0.191 e. The summed E-state index contributed by atoms with van der Waals surface area (Å²) in [5, 5.41) is 6.93. The number of benzene rings is 2. The number of guanidine groups is 1. The van der Waals surface area contributed by atoms with Gasteiger partial charge in [-0.2, -0.15) is 0 Å². The maximum Gasteiger partial charge on any atom is 0.191 e. The zero-order valence-corrected chi connectivity index (χ0v) is 17.2. The van der Waals surface area contributed by atoms with E-state index in [9.17, 15) is 0 Å². The molecule has 1 heterocycles. The van der Waals surface area contributed by atoms with E-state index in [1.807, 2.05) is 7.05 Å². The molecule has 1 fully saturated rings. The third-order valence-electron chi connectivity index (χ3n) is 5.20. The summed E-state index contributed by atoms with van der Waals surface area (Å²) in [6.45, 7) is 9.43. The molecule has 5 heteroatoms. The van der Waals surface area contributed by atoms with Crippen molar-refractivity contribution < 1.29 is 4.74 Å². The van der Waals surface area contributed by atoms with Gasteiger partial charge in [-0.25, -0.2) is 0 Å². The summed E-state index contributed by atoms with van der Waals surface area (Å²) in [4.78, 5) is 6.79. The molecule has 0 aliphatic carbocycles. The number of ether oxygens (including phenoxy) is 1. The minimum Gasteiger partial charge on any atom is -0.378 e. The molecule has 0 bridgehead atoms. The summed E-state index contributed by atoms with van der Waals surface area (Å²) in [7, 11) is 1.82. The first-order chi connectivity index (χ1) is 13.7. The fourth-order valence-electron chi connectivity index (χ4n) is 3.52. The fourth-order valence-corrected chi connectivity index (χ4v) is 3.52. The monoisotopic (exact) mass is 380 g/mol. The summed E-state index contributed by atoms with van der Waals surface area (Å²) in [5.74, 6) is 1.25. The number of nitrogens with zero attached hydrogens (tertiary/aromatic N) is 2. The first-order valence-corrected chi connectivity index (χ1v) is 10.1. The molecule has 3 rings (SSSR count). The molecule has 1 unspecified atom stereocenters. The Morgan fingerprint density at radius 2 is 1.89 bits per heavy atom. The molecule has 0 spiro atoms. The van der Waals surface area contributed by atoms with Crippen molar-refractivity contribution in [3.63, 3.8) is 0 Å². The number of aliphatic imine (C=N–C) groups is 1. The Bertz CT molecular complexity index is 784. The molecule has 0 saturated carbocycles. The van der Waals surface area contributed by atoms with Crippen LogP contribution in [0.15, 0.2) is 53.5 Å². The number of hydrogen-bond donors (Lipinski definition) is 2. The normalized spacial score (nSPS) is 16.0. The van der Waals surface area contributed by atoms with E-state index in [0.717, 1.165) is 45.4 Å². The molecule has 0 aromatic heterocycles. The molecule has 5 nitrogen and oxygen atoms in total. The summed E-state index contributed by atoms with van der Waals surface area (Å²) in [6, 6.07) is 17.3. The first kappa shape index (κ1) is 20.2. The van der Waals surface area contributed by atoms with Gasteiger partial charge in [-0.3, -0.25) is 4.99 Å². The third-order valence-corrected chi connectivity index (χ3v) is 5.20. The van der Waals surface area contributed by atoms with E-state index in [-0.39, 0.29) is 0 Å². The highest BCUT2D eigenvalue weighted by Crippen LogP contribution is 2.21. The molecule has 2 aromatic carbocycles. The molecular weight excluding hydrogens is 348 g/mol. The highest BCUT2D eigenvalue weighted by molar-refractivity contribution is 5.79. The number of anilines is 1. The van der Waals surface area contributed by atoms with Crippen LogP contribution in [0, 0.1) is 6.92 Å². The van der Waals surface area contributed by atoms with Crippen molar-refractivity contribution in [1.82, 2.24) is 10.6 Å². The van der Waals surface area contributed by atoms with Crippen molar-refractivity contribution in [2.45, 2.75) is 26.3 Å². The van der Waals surface area contributed by atoms with Gasteiger partial charge >= 0.3 is 0 Å². The van der Waals surface area contributed by atoms with E-state index in [4.69, 9.17) is 4.74 Å². The van der Waals surface area contributed by atoms with Crippen LogP contribution in [-0.4, -0.2) is 45.9 Å². The average Bonchev–Trinajstić information content (AvgIpc) is 2.74. The third kappa shape index (κ3) is 5.49. The number of aryl methyl sites for hydroxylation is 1. The summed E-state index contributed by atoms with van der Waals surface area (Å²) in [5.41, 5.74) is 5.20. The highest BCUT2D eigenvalue weighted by Gasteiger charge is 2.14. The van der Waals surface area contributed by atoms with Crippen molar-refractivity contribution in [1.29, 1.82) is 0 Å². The van der Waals surface area contributed by atoms with E-state index in [1.165, 1.54) is 22.4 Å². The van der Waals surface area contributed by atoms with Crippen LogP contribution in [0.3, 0.4) is 0 Å². The van der Waals surface area contributed by atoms with Crippen molar-refractivity contribution >= 4 is 11.6 Å². The zero-order chi connectivity index (χ0) is 19.8. The molecule has 0 amide bonds. The van der Waals surface area contributed by atoms with Crippen molar-refractivity contribution in [2.24, 2.45) is 4.99 Å². The standard InChI is InChI=1S/C23H32N4O/c1-18-7-6-9-20(15-18)19(2)16-25-23(24-3)26-17-21-8-4-5-10-22(21)27-11-13-28-14-12-27/h4-10,15,19H,11-14,16-17H2,1-3H3,(H2,24,25,26). The van der Waals surface area contributed by atoms with Gasteiger partial charge < -0.3 is 20.3 Å². The number of nitrogens with one attached hydrogen (secondary N) is 2. The highest BCUT2D eigenvalue weighted by atomic mass is 16.5. The van der Waals surface area contributed by atoms with Crippen LogP contribution in [0.5, 0.6) is 0 Å². The number of rotatable bonds is 6. The average molecular weight is 381 g/mol.